The minimum absolute atomic E-state index is 0.0375. The molecule has 6 nitrogen and oxygen atoms in total. The van der Waals surface area contributed by atoms with E-state index in [2.05, 4.69) is 5.10 Å². The van der Waals surface area contributed by atoms with Crippen LogP contribution in [0, 0.1) is 5.82 Å². The van der Waals surface area contributed by atoms with Crippen LogP contribution in [0.4, 0.5) is 4.39 Å². The molecule has 0 unspecified atom stereocenters. The molecule has 2 aliphatic rings. The van der Waals surface area contributed by atoms with Gasteiger partial charge in [0.2, 0.25) is 0 Å². The van der Waals surface area contributed by atoms with Crippen molar-refractivity contribution in [3.8, 4) is 5.75 Å². The average Bonchev–Trinajstić information content (AvgIpc) is 2.78. The molecule has 0 fully saturated rings. The first-order chi connectivity index (χ1) is 12.4. The zero-order chi connectivity index (χ0) is 18.4. The van der Waals surface area contributed by atoms with Crippen molar-refractivity contribution in [1.29, 1.82) is 0 Å². The summed E-state index contributed by atoms with van der Waals surface area (Å²) < 4.78 is 26.9. The number of hydrogen-bond acceptors (Lipinski definition) is 4. The fourth-order valence-electron chi connectivity index (χ4n) is 3.90. The lowest BCUT2D eigenvalue weighted by atomic mass is 9.99. The molecule has 2 aliphatic heterocycles. The second kappa shape index (κ2) is 6.39. The minimum Gasteiger partial charge on any atom is -0.491 e. The highest BCUT2D eigenvalue weighted by Crippen LogP contribution is 2.33. The molecule has 3 heterocycles. The molecule has 0 spiro atoms. The maximum atomic E-state index is 13.6. The fraction of sp³-hybridized carbons (Fsp3) is 0.474. The van der Waals surface area contributed by atoms with E-state index in [1.165, 1.54) is 12.1 Å². The maximum Gasteiger partial charge on any atom is 0.275 e. The quantitative estimate of drug-likeness (QED) is 0.785. The molecule has 7 heteroatoms. The number of rotatable bonds is 1. The molecule has 2 aromatic rings. The largest absolute Gasteiger partial charge is 0.491 e. The van der Waals surface area contributed by atoms with Crippen molar-refractivity contribution in [1.82, 2.24) is 14.7 Å². The van der Waals surface area contributed by atoms with Gasteiger partial charge in [0.15, 0.2) is 5.69 Å². The lowest BCUT2D eigenvalue weighted by Gasteiger charge is -2.27. The van der Waals surface area contributed by atoms with Crippen LogP contribution in [0.5, 0.6) is 5.75 Å². The van der Waals surface area contributed by atoms with Crippen LogP contribution in [0.15, 0.2) is 18.2 Å². The number of halogens is 1. The van der Waals surface area contributed by atoms with E-state index in [1.807, 2.05) is 20.9 Å². The van der Waals surface area contributed by atoms with Gasteiger partial charge < -0.3 is 14.4 Å². The van der Waals surface area contributed by atoms with Gasteiger partial charge in [0.1, 0.15) is 18.2 Å². The highest BCUT2D eigenvalue weighted by atomic mass is 19.1. The third-order valence-corrected chi connectivity index (χ3v) is 5.00. The predicted octanol–water partition coefficient (Wildman–Crippen LogP) is 2.62. The normalized spacial score (nSPS) is 22.2. The van der Waals surface area contributed by atoms with Gasteiger partial charge in [-0.05, 0) is 32.0 Å². The van der Waals surface area contributed by atoms with Gasteiger partial charge in [-0.25, -0.2) is 4.39 Å². The third-order valence-electron chi connectivity index (χ3n) is 5.00. The van der Waals surface area contributed by atoms with Crippen LogP contribution in [0.25, 0.3) is 0 Å². The Morgan fingerprint density at radius 1 is 1.35 bits per heavy atom. The van der Waals surface area contributed by atoms with E-state index in [-0.39, 0.29) is 23.9 Å². The molecule has 0 N–H and O–H groups in total. The summed E-state index contributed by atoms with van der Waals surface area (Å²) in [5, 5.41) is 4.49. The Hall–Kier alpha value is -2.41. The molecule has 0 saturated heterocycles. The summed E-state index contributed by atoms with van der Waals surface area (Å²) in [6.07, 6.45) is 0.593. The number of hydrogen-bond donors (Lipinski definition) is 0. The summed E-state index contributed by atoms with van der Waals surface area (Å²) in [5.74, 6) is 0.140. The number of nitrogens with zero attached hydrogens (tertiary/aromatic N) is 3. The number of benzene rings is 1. The topological polar surface area (TPSA) is 56.6 Å². The first-order valence-electron chi connectivity index (χ1n) is 8.85. The van der Waals surface area contributed by atoms with Crippen LogP contribution in [-0.2, 0) is 24.8 Å². The first-order valence-corrected chi connectivity index (χ1v) is 8.85. The number of fused-ring (bicyclic) bond motifs is 2. The SMILES string of the molecule is C[C@@H]1Cc2c(C(=O)N3CCOc4ccc(F)cc4C3)nn(C)c2[C@H](C)O1. The molecular formula is C19H22FN3O3. The van der Waals surface area contributed by atoms with Gasteiger partial charge in [-0.2, -0.15) is 5.10 Å². The van der Waals surface area contributed by atoms with Crippen molar-refractivity contribution in [2.24, 2.45) is 7.05 Å². The number of aromatic nitrogens is 2. The predicted molar refractivity (Wildman–Crippen MR) is 92.5 cm³/mol. The number of ether oxygens (including phenoxy) is 2. The van der Waals surface area contributed by atoms with E-state index in [0.29, 0.717) is 43.1 Å². The molecule has 0 radical (unpaired) electrons. The Morgan fingerprint density at radius 2 is 2.15 bits per heavy atom. The van der Waals surface area contributed by atoms with E-state index in [1.54, 1.807) is 15.6 Å². The highest BCUT2D eigenvalue weighted by Gasteiger charge is 2.33. The van der Waals surface area contributed by atoms with Crippen molar-refractivity contribution in [2.45, 2.75) is 39.0 Å². The lowest BCUT2D eigenvalue weighted by Crippen LogP contribution is -2.34. The van der Waals surface area contributed by atoms with Crippen LogP contribution in [-0.4, -0.2) is 39.8 Å². The van der Waals surface area contributed by atoms with Crippen molar-refractivity contribution >= 4 is 5.91 Å². The van der Waals surface area contributed by atoms with Crippen molar-refractivity contribution < 1.29 is 18.7 Å². The van der Waals surface area contributed by atoms with Crippen molar-refractivity contribution in [3.05, 3.63) is 46.5 Å². The monoisotopic (exact) mass is 359 g/mol. The molecule has 0 saturated carbocycles. The van der Waals surface area contributed by atoms with Crippen LogP contribution in [0.3, 0.4) is 0 Å². The highest BCUT2D eigenvalue weighted by molar-refractivity contribution is 5.94. The lowest BCUT2D eigenvalue weighted by molar-refractivity contribution is -0.00907. The minimum atomic E-state index is -0.336. The van der Waals surface area contributed by atoms with Gasteiger partial charge in [0.05, 0.1) is 24.4 Å². The van der Waals surface area contributed by atoms with E-state index >= 15 is 0 Å². The van der Waals surface area contributed by atoms with E-state index in [4.69, 9.17) is 9.47 Å². The zero-order valence-corrected chi connectivity index (χ0v) is 15.2. The Labute approximate surface area is 151 Å². The number of amides is 1. The Bertz CT molecular complexity index is 864. The van der Waals surface area contributed by atoms with Crippen LogP contribution >= 0.6 is 0 Å². The standard InChI is InChI=1S/C19H22FN3O3/c1-11-8-15-17(21-22(3)18(15)12(2)26-11)19(24)23-6-7-25-16-5-4-14(20)9-13(16)10-23/h4-5,9,11-12H,6-8,10H2,1-3H3/t11-,12+/m1/s1. The van der Waals surface area contributed by atoms with Crippen LogP contribution < -0.4 is 4.74 Å². The van der Waals surface area contributed by atoms with Gasteiger partial charge in [0, 0.05) is 31.1 Å². The summed E-state index contributed by atoms with van der Waals surface area (Å²) in [6, 6.07) is 4.41. The van der Waals surface area contributed by atoms with Crippen molar-refractivity contribution in [3.63, 3.8) is 0 Å². The summed E-state index contributed by atoms with van der Waals surface area (Å²) >= 11 is 0. The molecule has 1 aromatic heterocycles. The van der Waals surface area contributed by atoms with Gasteiger partial charge >= 0.3 is 0 Å². The first kappa shape index (κ1) is 17.0. The second-order valence-corrected chi connectivity index (χ2v) is 6.96. The molecule has 1 aromatic carbocycles. The van der Waals surface area contributed by atoms with Gasteiger partial charge in [-0.15, -0.1) is 0 Å². The van der Waals surface area contributed by atoms with E-state index in [9.17, 15) is 9.18 Å². The zero-order valence-electron chi connectivity index (χ0n) is 15.2. The van der Waals surface area contributed by atoms with Gasteiger partial charge in [-0.3, -0.25) is 9.48 Å². The third kappa shape index (κ3) is 2.86. The van der Waals surface area contributed by atoms with Gasteiger partial charge in [0.25, 0.3) is 5.91 Å². The molecule has 138 valence electrons. The molecular weight excluding hydrogens is 337 g/mol. The van der Waals surface area contributed by atoms with Gasteiger partial charge in [-0.1, -0.05) is 0 Å². The second-order valence-electron chi connectivity index (χ2n) is 6.96. The van der Waals surface area contributed by atoms with Crippen molar-refractivity contribution in [2.75, 3.05) is 13.2 Å². The number of aryl methyl sites for hydroxylation is 1. The smallest absolute Gasteiger partial charge is 0.275 e. The van der Waals surface area contributed by atoms with Crippen LogP contribution in [0.1, 0.15) is 47.3 Å². The number of carbonyl (C=O) groups excluding carboxylic acids is 1. The summed E-state index contributed by atoms with van der Waals surface area (Å²) in [4.78, 5) is 14.9. The van der Waals surface area contributed by atoms with E-state index in [0.717, 1.165) is 11.3 Å². The Morgan fingerprint density at radius 3 is 2.96 bits per heavy atom. The summed E-state index contributed by atoms with van der Waals surface area (Å²) in [7, 11) is 1.83. The van der Waals surface area contributed by atoms with Crippen LogP contribution in [0.2, 0.25) is 0 Å². The average molecular weight is 359 g/mol. The molecule has 1 amide bonds. The summed E-state index contributed by atoms with van der Waals surface area (Å²) in [5.41, 5.74) is 3.03. The number of carbonyl (C=O) groups is 1. The molecule has 4 rings (SSSR count). The molecule has 2 atom stereocenters. The molecule has 0 aliphatic carbocycles. The Balaban J connectivity index is 1.67. The summed E-state index contributed by atoms with van der Waals surface area (Å²) in [6.45, 7) is 5.08. The maximum absolute atomic E-state index is 13.6. The molecule has 26 heavy (non-hydrogen) atoms. The molecule has 0 bridgehead atoms. The van der Waals surface area contributed by atoms with E-state index < -0.39 is 0 Å². The Kier molecular flexibility index (Phi) is 4.19. The fourth-order valence-corrected chi connectivity index (χ4v) is 3.90.